The number of hydrogen-bond donors (Lipinski definition) is 1. The van der Waals surface area contributed by atoms with Crippen LogP contribution in [0.15, 0.2) is 94.7 Å². The quantitative estimate of drug-likeness (QED) is 0.0742. The van der Waals surface area contributed by atoms with Crippen LogP contribution in [0, 0.1) is 23.7 Å². The van der Waals surface area contributed by atoms with Gasteiger partial charge in [0, 0.05) is 20.9 Å². The maximum Gasteiger partial charge on any atom is 0.313 e. The zero-order chi connectivity index (χ0) is 40.2. The summed E-state index contributed by atoms with van der Waals surface area (Å²) in [5.74, 6) is 2.17. The van der Waals surface area contributed by atoms with Crippen LogP contribution in [0.4, 0.5) is 0 Å². The number of rotatable bonds is 19. The van der Waals surface area contributed by atoms with E-state index in [0.29, 0.717) is 36.7 Å². The lowest BCUT2D eigenvalue weighted by Gasteiger charge is -2.20. The molecule has 2 saturated carbocycles. The number of hydrogen-bond acceptors (Lipinski definition) is 7. The van der Waals surface area contributed by atoms with E-state index in [1.807, 2.05) is 37.3 Å². The number of thioether (sulfide) groups is 2. The number of carbonyl (C=O) groups is 2. The van der Waals surface area contributed by atoms with E-state index >= 15 is 0 Å². The second-order valence-electron chi connectivity index (χ2n) is 15.9. The van der Waals surface area contributed by atoms with Gasteiger partial charge < -0.3 is 19.3 Å². The molecule has 6 nitrogen and oxygen atoms in total. The van der Waals surface area contributed by atoms with Gasteiger partial charge in [-0.25, -0.2) is 0 Å². The third kappa shape index (κ3) is 12.8. The highest BCUT2D eigenvalue weighted by molar-refractivity contribution is 7.98. The summed E-state index contributed by atoms with van der Waals surface area (Å²) < 4.78 is 17.6. The van der Waals surface area contributed by atoms with Crippen molar-refractivity contribution in [3.05, 3.63) is 96.1 Å². The molecule has 0 saturated heterocycles. The fraction of sp³-hybridized carbons (Fsp3) is 0.458. The summed E-state index contributed by atoms with van der Waals surface area (Å²) in [7, 11) is 0. The van der Waals surface area contributed by atoms with E-state index in [4.69, 9.17) is 14.2 Å². The molecule has 0 spiro atoms. The Balaban J connectivity index is 0.000000215. The number of ether oxygens (including phenoxy) is 3. The Labute approximate surface area is 343 Å². The van der Waals surface area contributed by atoms with Gasteiger partial charge in [-0.15, -0.1) is 23.5 Å². The van der Waals surface area contributed by atoms with Crippen LogP contribution in [0.3, 0.4) is 0 Å². The molecular weight excluding hydrogens is 737 g/mol. The third-order valence-electron chi connectivity index (χ3n) is 10.2. The van der Waals surface area contributed by atoms with Crippen LogP contribution in [0.2, 0.25) is 0 Å². The van der Waals surface area contributed by atoms with Crippen LogP contribution in [-0.4, -0.2) is 49.4 Å². The molecule has 2 aliphatic carbocycles. The molecule has 0 heterocycles. The molecule has 0 aromatic heterocycles. The molecule has 0 amide bonds. The molecule has 0 aliphatic heterocycles. The highest BCUT2D eigenvalue weighted by Crippen LogP contribution is 2.39. The van der Waals surface area contributed by atoms with E-state index in [9.17, 15) is 14.7 Å². The lowest BCUT2D eigenvalue weighted by atomic mass is 9.88. The number of carboxylic acid groups (broad SMARTS) is 1. The summed E-state index contributed by atoms with van der Waals surface area (Å²) in [6.07, 6.45) is 10.5. The van der Waals surface area contributed by atoms with Crippen LogP contribution in [0.1, 0.15) is 96.1 Å². The molecule has 4 aromatic carbocycles. The SMILES string of the molecule is CCOC(=O)C(CC(C)C)c1ccc(OCC2CC2)c(-c2ccc(SC)cc2)c1.CSc1ccc(-c2cc(C(CC(C)C)C(=O)O)ccc2OCC2CC2)cc1. The largest absolute Gasteiger partial charge is 0.493 e. The molecule has 2 fully saturated rings. The highest BCUT2D eigenvalue weighted by atomic mass is 32.2. The van der Waals surface area contributed by atoms with E-state index in [-0.39, 0.29) is 11.9 Å². The lowest BCUT2D eigenvalue weighted by molar-refractivity contribution is -0.145. The van der Waals surface area contributed by atoms with Crippen molar-refractivity contribution in [1.82, 2.24) is 0 Å². The number of benzene rings is 4. The molecule has 6 rings (SSSR count). The first-order chi connectivity index (χ1) is 27.0. The van der Waals surface area contributed by atoms with Gasteiger partial charge in [0.15, 0.2) is 0 Å². The van der Waals surface area contributed by atoms with Crippen LogP contribution >= 0.6 is 23.5 Å². The second-order valence-corrected chi connectivity index (χ2v) is 17.7. The molecule has 2 atom stereocenters. The smallest absolute Gasteiger partial charge is 0.313 e. The molecule has 2 aliphatic rings. The number of esters is 1. The minimum atomic E-state index is -0.765. The van der Waals surface area contributed by atoms with Gasteiger partial charge >= 0.3 is 11.9 Å². The van der Waals surface area contributed by atoms with E-state index < -0.39 is 11.9 Å². The molecule has 0 radical (unpaired) electrons. The first-order valence-corrected chi connectivity index (χ1v) is 22.7. The van der Waals surface area contributed by atoms with Gasteiger partial charge in [-0.1, -0.05) is 64.1 Å². The van der Waals surface area contributed by atoms with Crippen molar-refractivity contribution in [2.24, 2.45) is 23.7 Å². The van der Waals surface area contributed by atoms with Crippen molar-refractivity contribution >= 4 is 35.5 Å². The fourth-order valence-electron chi connectivity index (χ4n) is 6.69. The monoisotopic (exact) mass is 796 g/mol. The zero-order valence-corrected chi connectivity index (χ0v) is 35.8. The van der Waals surface area contributed by atoms with E-state index in [1.54, 1.807) is 23.5 Å². The summed E-state index contributed by atoms with van der Waals surface area (Å²) in [6, 6.07) is 29.0. The zero-order valence-electron chi connectivity index (χ0n) is 34.2. The second kappa shape index (κ2) is 21.0. The molecule has 300 valence electrons. The minimum absolute atomic E-state index is 0.142. The Morgan fingerprint density at radius 3 is 1.41 bits per heavy atom. The highest BCUT2D eigenvalue weighted by Gasteiger charge is 2.27. The average Bonchev–Trinajstić information content (AvgIpc) is 4.14. The van der Waals surface area contributed by atoms with E-state index in [1.165, 1.54) is 35.5 Å². The first-order valence-electron chi connectivity index (χ1n) is 20.2. The van der Waals surface area contributed by atoms with Gasteiger partial charge in [0.1, 0.15) is 11.5 Å². The molecular formula is C48H60O6S2. The van der Waals surface area contributed by atoms with Crippen molar-refractivity contribution < 1.29 is 28.9 Å². The predicted octanol–water partition coefficient (Wildman–Crippen LogP) is 12.6. The van der Waals surface area contributed by atoms with E-state index in [2.05, 4.69) is 94.8 Å². The predicted molar refractivity (Wildman–Crippen MR) is 232 cm³/mol. The van der Waals surface area contributed by atoms with Gasteiger partial charge in [0.05, 0.1) is 31.7 Å². The Morgan fingerprint density at radius 2 is 1.05 bits per heavy atom. The Hall–Kier alpha value is -3.88. The van der Waals surface area contributed by atoms with E-state index in [0.717, 1.165) is 64.5 Å². The average molecular weight is 797 g/mol. The van der Waals surface area contributed by atoms with Crippen molar-refractivity contribution in [3.8, 4) is 33.8 Å². The summed E-state index contributed by atoms with van der Waals surface area (Å²) in [5.41, 5.74) is 6.06. The van der Waals surface area contributed by atoms with Gasteiger partial charge in [-0.3, -0.25) is 9.59 Å². The third-order valence-corrected chi connectivity index (χ3v) is 11.7. The standard InChI is InChI=1S/C25H32O3S.C23H28O3S/c1-5-27-25(26)23(14-17(2)3)20-10-13-24(28-16-18-6-7-18)22(15-20)19-8-11-21(29-4)12-9-19;1-15(2)12-21(23(24)25)18-8-11-22(26-14-16-4-5-16)20(13-18)17-6-9-19(27-3)10-7-17/h8-13,15,17-18,23H,5-7,14,16H2,1-4H3;6-11,13,15-16,21H,4-5,12,14H2,1-3H3,(H,24,25). The van der Waals surface area contributed by atoms with Crippen LogP contribution < -0.4 is 9.47 Å². The topological polar surface area (TPSA) is 82.1 Å². The summed E-state index contributed by atoms with van der Waals surface area (Å²) in [6.45, 7) is 12.2. The molecule has 56 heavy (non-hydrogen) atoms. The maximum absolute atomic E-state index is 12.7. The Kier molecular flexibility index (Phi) is 16.2. The molecule has 8 heteroatoms. The minimum Gasteiger partial charge on any atom is -0.493 e. The van der Waals surface area contributed by atoms with Crippen molar-refractivity contribution in [3.63, 3.8) is 0 Å². The molecule has 0 bridgehead atoms. The Morgan fingerprint density at radius 1 is 0.643 bits per heavy atom. The normalized spacial score (nSPS) is 14.8. The molecule has 1 N–H and O–H groups in total. The van der Waals surface area contributed by atoms with Crippen LogP contribution in [0.25, 0.3) is 22.3 Å². The first kappa shape index (κ1) is 43.2. The number of carboxylic acids is 1. The van der Waals surface area contributed by atoms with Crippen LogP contribution in [0.5, 0.6) is 11.5 Å². The van der Waals surface area contributed by atoms with Crippen molar-refractivity contribution in [1.29, 1.82) is 0 Å². The molecule has 2 unspecified atom stereocenters. The van der Waals surface area contributed by atoms with Gasteiger partial charge in [-0.2, -0.15) is 0 Å². The number of carbonyl (C=O) groups excluding carboxylic acids is 1. The molecule has 4 aromatic rings. The maximum atomic E-state index is 12.7. The lowest BCUT2D eigenvalue weighted by Crippen LogP contribution is -2.18. The number of aliphatic carboxylic acids is 1. The summed E-state index contributed by atoms with van der Waals surface area (Å²) in [5, 5.41) is 9.73. The van der Waals surface area contributed by atoms with Crippen molar-refractivity contribution in [2.75, 3.05) is 32.3 Å². The van der Waals surface area contributed by atoms with Crippen LogP contribution in [-0.2, 0) is 14.3 Å². The van der Waals surface area contributed by atoms with Crippen molar-refractivity contribution in [2.45, 2.75) is 94.8 Å². The summed E-state index contributed by atoms with van der Waals surface area (Å²) >= 11 is 3.44. The van der Waals surface area contributed by atoms with Gasteiger partial charge in [-0.05, 0) is 152 Å². The Bertz CT molecular complexity index is 1860. The summed E-state index contributed by atoms with van der Waals surface area (Å²) in [4.78, 5) is 26.9. The van der Waals surface area contributed by atoms with Gasteiger partial charge in [0.25, 0.3) is 0 Å². The van der Waals surface area contributed by atoms with Gasteiger partial charge in [0.2, 0.25) is 0 Å². The fourth-order valence-corrected chi connectivity index (χ4v) is 7.51.